The second-order valence-corrected chi connectivity index (χ2v) is 5.89. The molecule has 0 spiro atoms. The molecule has 0 radical (unpaired) electrons. The molecular weight excluding hydrogens is 258 g/mol. The number of aromatic nitrogens is 1. The van der Waals surface area contributed by atoms with Gasteiger partial charge in [0, 0.05) is 25.8 Å². The molecule has 1 aliphatic heterocycles. The average molecular weight is 282 g/mol. The van der Waals surface area contributed by atoms with Gasteiger partial charge in [0.1, 0.15) is 5.82 Å². The molecule has 0 atom stereocenters. The molecule has 1 aliphatic rings. The van der Waals surface area contributed by atoms with Crippen LogP contribution in [-0.4, -0.2) is 24.6 Å². The Morgan fingerprint density at radius 3 is 2.84 bits per heavy atom. The average Bonchev–Trinajstić information content (AvgIpc) is 2.42. The van der Waals surface area contributed by atoms with Crippen molar-refractivity contribution in [1.82, 2.24) is 10.3 Å². The van der Waals surface area contributed by atoms with Crippen molar-refractivity contribution in [2.24, 2.45) is 5.92 Å². The number of hydrogen-bond donors (Lipinski definition) is 1. The van der Waals surface area contributed by atoms with Crippen molar-refractivity contribution in [2.45, 2.75) is 39.7 Å². The van der Waals surface area contributed by atoms with E-state index in [-0.39, 0.29) is 0 Å². The highest BCUT2D eigenvalue weighted by atomic mass is 35.5. The SMILES string of the molecule is CCCNCc1cc(N2CCC(C)CC2)ncc1Cl. The van der Waals surface area contributed by atoms with Crippen LogP contribution in [0.5, 0.6) is 0 Å². The Hall–Kier alpha value is -0.800. The maximum Gasteiger partial charge on any atom is 0.128 e. The maximum atomic E-state index is 6.22. The van der Waals surface area contributed by atoms with E-state index >= 15 is 0 Å². The van der Waals surface area contributed by atoms with Crippen LogP contribution in [0.4, 0.5) is 5.82 Å². The van der Waals surface area contributed by atoms with Crippen molar-refractivity contribution in [3.63, 3.8) is 0 Å². The predicted octanol–water partition coefficient (Wildman–Crippen LogP) is 3.47. The summed E-state index contributed by atoms with van der Waals surface area (Å²) in [6.07, 6.45) is 5.44. The summed E-state index contributed by atoms with van der Waals surface area (Å²) in [6, 6.07) is 2.14. The first-order valence-electron chi connectivity index (χ1n) is 7.30. The number of piperidine rings is 1. The highest BCUT2D eigenvalue weighted by molar-refractivity contribution is 6.31. The third-order valence-corrected chi connectivity index (χ3v) is 4.11. The molecule has 1 aromatic heterocycles. The first-order chi connectivity index (χ1) is 9.20. The molecule has 106 valence electrons. The Labute approximate surface area is 121 Å². The lowest BCUT2D eigenvalue weighted by molar-refractivity contribution is 0.436. The van der Waals surface area contributed by atoms with Crippen molar-refractivity contribution in [1.29, 1.82) is 0 Å². The first-order valence-corrected chi connectivity index (χ1v) is 7.68. The normalized spacial score (nSPS) is 16.9. The van der Waals surface area contributed by atoms with E-state index in [9.17, 15) is 0 Å². The number of halogens is 1. The van der Waals surface area contributed by atoms with E-state index < -0.39 is 0 Å². The van der Waals surface area contributed by atoms with Crippen LogP contribution in [0.3, 0.4) is 0 Å². The molecule has 0 aromatic carbocycles. The molecule has 1 fully saturated rings. The highest BCUT2D eigenvalue weighted by Crippen LogP contribution is 2.24. The van der Waals surface area contributed by atoms with E-state index in [1.54, 1.807) is 6.20 Å². The zero-order valence-corrected chi connectivity index (χ0v) is 12.7. The van der Waals surface area contributed by atoms with Crippen LogP contribution in [0.1, 0.15) is 38.7 Å². The Morgan fingerprint density at radius 2 is 2.16 bits per heavy atom. The van der Waals surface area contributed by atoms with Crippen LogP contribution >= 0.6 is 11.6 Å². The van der Waals surface area contributed by atoms with E-state index in [1.807, 2.05) is 0 Å². The maximum absolute atomic E-state index is 6.22. The molecule has 0 amide bonds. The molecule has 1 aromatic rings. The lowest BCUT2D eigenvalue weighted by atomic mass is 9.99. The van der Waals surface area contributed by atoms with Crippen LogP contribution < -0.4 is 10.2 Å². The molecule has 4 heteroatoms. The Balaban J connectivity index is 2.03. The number of nitrogens with one attached hydrogen (secondary N) is 1. The summed E-state index contributed by atoms with van der Waals surface area (Å²) < 4.78 is 0. The molecule has 3 nitrogen and oxygen atoms in total. The molecule has 19 heavy (non-hydrogen) atoms. The largest absolute Gasteiger partial charge is 0.357 e. The van der Waals surface area contributed by atoms with Gasteiger partial charge in [-0.15, -0.1) is 0 Å². The molecule has 1 saturated heterocycles. The Bertz CT molecular complexity index is 400. The fourth-order valence-corrected chi connectivity index (χ4v) is 2.58. The minimum atomic E-state index is 0.762. The quantitative estimate of drug-likeness (QED) is 0.838. The van der Waals surface area contributed by atoms with E-state index in [0.29, 0.717) is 0 Å². The summed E-state index contributed by atoms with van der Waals surface area (Å²) in [4.78, 5) is 6.86. The van der Waals surface area contributed by atoms with Crippen LogP contribution in [-0.2, 0) is 6.54 Å². The predicted molar refractivity (Wildman–Crippen MR) is 81.9 cm³/mol. The summed E-state index contributed by atoms with van der Waals surface area (Å²) >= 11 is 6.22. The van der Waals surface area contributed by atoms with Crippen molar-refractivity contribution < 1.29 is 0 Å². The second kappa shape index (κ2) is 7.11. The number of hydrogen-bond acceptors (Lipinski definition) is 3. The van der Waals surface area contributed by atoms with Gasteiger partial charge < -0.3 is 10.2 Å². The smallest absolute Gasteiger partial charge is 0.128 e. The lowest BCUT2D eigenvalue weighted by Crippen LogP contribution is -2.33. The van der Waals surface area contributed by atoms with Gasteiger partial charge in [0.2, 0.25) is 0 Å². The number of rotatable bonds is 5. The Kier molecular flexibility index (Phi) is 5.46. The lowest BCUT2D eigenvalue weighted by Gasteiger charge is -2.31. The minimum absolute atomic E-state index is 0.762. The van der Waals surface area contributed by atoms with Crippen molar-refractivity contribution in [3.8, 4) is 0 Å². The van der Waals surface area contributed by atoms with Gasteiger partial charge in [-0.3, -0.25) is 0 Å². The van der Waals surface area contributed by atoms with E-state index in [0.717, 1.165) is 54.9 Å². The second-order valence-electron chi connectivity index (χ2n) is 5.48. The topological polar surface area (TPSA) is 28.2 Å². The molecule has 0 saturated carbocycles. The zero-order chi connectivity index (χ0) is 13.7. The van der Waals surface area contributed by atoms with Crippen LogP contribution in [0, 0.1) is 5.92 Å². The standard InChI is InChI=1S/C15H24ClN3/c1-3-6-17-10-13-9-15(18-11-14(13)16)19-7-4-12(2)5-8-19/h9,11-12,17H,3-8,10H2,1-2H3. The van der Waals surface area contributed by atoms with Gasteiger partial charge in [-0.25, -0.2) is 4.98 Å². The summed E-state index contributed by atoms with van der Waals surface area (Å²) in [5.74, 6) is 1.92. The van der Waals surface area contributed by atoms with Crippen molar-refractivity contribution in [3.05, 3.63) is 22.8 Å². The summed E-state index contributed by atoms with van der Waals surface area (Å²) in [5, 5.41) is 4.16. The zero-order valence-electron chi connectivity index (χ0n) is 12.0. The van der Waals surface area contributed by atoms with Crippen LogP contribution in [0.25, 0.3) is 0 Å². The van der Waals surface area contributed by atoms with Crippen molar-refractivity contribution >= 4 is 17.4 Å². The van der Waals surface area contributed by atoms with Gasteiger partial charge in [0.25, 0.3) is 0 Å². The third-order valence-electron chi connectivity index (χ3n) is 3.77. The van der Waals surface area contributed by atoms with Gasteiger partial charge in [-0.1, -0.05) is 25.4 Å². The molecule has 0 aliphatic carbocycles. The van der Waals surface area contributed by atoms with Gasteiger partial charge in [-0.05, 0) is 43.4 Å². The number of pyridine rings is 1. The monoisotopic (exact) mass is 281 g/mol. The molecule has 0 bridgehead atoms. The van der Waals surface area contributed by atoms with Gasteiger partial charge in [-0.2, -0.15) is 0 Å². The third kappa shape index (κ3) is 4.08. The molecule has 0 unspecified atom stereocenters. The van der Waals surface area contributed by atoms with E-state index in [1.165, 1.54) is 12.8 Å². The summed E-state index contributed by atoms with van der Waals surface area (Å²) in [6.45, 7) is 8.56. The van der Waals surface area contributed by atoms with Gasteiger partial charge >= 0.3 is 0 Å². The fourth-order valence-electron chi connectivity index (χ4n) is 2.41. The van der Waals surface area contributed by atoms with Crippen LogP contribution in [0.2, 0.25) is 5.02 Å². The van der Waals surface area contributed by atoms with E-state index in [4.69, 9.17) is 11.6 Å². The fraction of sp³-hybridized carbons (Fsp3) is 0.667. The first kappa shape index (κ1) is 14.6. The van der Waals surface area contributed by atoms with E-state index in [2.05, 4.69) is 35.1 Å². The number of nitrogens with zero attached hydrogens (tertiary/aromatic N) is 2. The van der Waals surface area contributed by atoms with Crippen molar-refractivity contribution in [2.75, 3.05) is 24.5 Å². The Morgan fingerprint density at radius 1 is 1.42 bits per heavy atom. The summed E-state index contributed by atoms with van der Waals surface area (Å²) in [5.41, 5.74) is 1.15. The molecule has 1 N–H and O–H groups in total. The molecule has 2 heterocycles. The molecule has 2 rings (SSSR count). The highest BCUT2D eigenvalue weighted by Gasteiger charge is 2.17. The van der Waals surface area contributed by atoms with Gasteiger partial charge in [0.05, 0.1) is 5.02 Å². The minimum Gasteiger partial charge on any atom is -0.357 e. The van der Waals surface area contributed by atoms with Gasteiger partial charge in [0.15, 0.2) is 0 Å². The summed E-state index contributed by atoms with van der Waals surface area (Å²) in [7, 11) is 0. The molecular formula is C15H24ClN3. The van der Waals surface area contributed by atoms with Crippen LogP contribution in [0.15, 0.2) is 12.3 Å². The number of anilines is 1.